The summed E-state index contributed by atoms with van der Waals surface area (Å²) in [4.78, 5) is 22.4. The summed E-state index contributed by atoms with van der Waals surface area (Å²) in [6, 6.07) is -2.39. The highest BCUT2D eigenvalue weighted by atomic mass is 19.4. The second-order valence-electron chi connectivity index (χ2n) is 3.59. The van der Waals surface area contributed by atoms with Crippen molar-refractivity contribution < 1.29 is 32.6 Å². The molecule has 0 bridgehead atoms. The minimum atomic E-state index is -4.53. The van der Waals surface area contributed by atoms with Gasteiger partial charge in [-0.05, 0) is 0 Å². The number of hydrogen-bond donors (Lipinski definition) is 2. The molecule has 0 radical (unpaired) electrons. The Kier molecular flexibility index (Phi) is 6.45. The first-order chi connectivity index (χ1) is 8.17. The van der Waals surface area contributed by atoms with Gasteiger partial charge in [0.05, 0.1) is 0 Å². The normalized spacial score (nSPS) is 12.9. The summed E-state index contributed by atoms with van der Waals surface area (Å²) < 4.78 is 40.7. The molecule has 0 aliphatic carbocycles. The van der Waals surface area contributed by atoms with E-state index in [0.717, 1.165) is 7.05 Å². The molecule has 0 heterocycles. The highest BCUT2D eigenvalue weighted by Crippen LogP contribution is 2.15. The van der Waals surface area contributed by atoms with Gasteiger partial charge < -0.3 is 20.1 Å². The summed E-state index contributed by atoms with van der Waals surface area (Å²) in [6.45, 7) is -1.38. The van der Waals surface area contributed by atoms with Crippen LogP contribution in [0, 0.1) is 0 Å². The zero-order valence-electron chi connectivity index (χ0n) is 9.95. The van der Waals surface area contributed by atoms with Gasteiger partial charge in [-0.1, -0.05) is 0 Å². The van der Waals surface area contributed by atoms with Crippen molar-refractivity contribution in [3.8, 4) is 0 Å². The first-order valence-electron chi connectivity index (χ1n) is 4.97. The Morgan fingerprint density at radius 3 is 2.39 bits per heavy atom. The Balaban J connectivity index is 4.36. The number of methoxy groups -OCH3 is 1. The third-order valence-electron chi connectivity index (χ3n) is 1.97. The number of halogens is 3. The van der Waals surface area contributed by atoms with E-state index in [1.165, 1.54) is 7.11 Å². The molecule has 18 heavy (non-hydrogen) atoms. The van der Waals surface area contributed by atoms with E-state index in [2.05, 4.69) is 4.74 Å². The Morgan fingerprint density at radius 1 is 1.44 bits per heavy atom. The molecule has 0 fully saturated rings. The third kappa shape index (κ3) is 6.94. The van der Waals surface area contributed by atoms with Crippen molar-refractivity contribution in [2.75, 3.05) is 27.3 Å². The van der Waals surface area contributed by atoms with E-state index in [9.17, 15) is 22.8 Å². The smallest absolute Gasteiger partial charge is 0.406 e. The van der Waals surface area contributed by atoms with Crippen LogP contribution in [0.25, 0.3) is 0 Å². The van der Waals surface area contributed by atoms with Gasteiger partial charge in [-0.2, -0.15) is 13.2 Å². The van der Waals surface area contributed by atoms with E-state index >= 15 is 0 Å². The second kappa shape index (κ2) is 7.04. The molecule has 0 aromatic heterocycles. The lowest BCUT2D eigenvalue weighted by Gasteiger charge is -2.22. The molecule has 9 heteroatoms. The molecule has 0 aromatic carbocycles. The average Bonchev–Trinajstić information content (AvgIpc) is 2.20. The maximum absolute atomic E-state index is 12.0. The van der Waals surface area contributed by atoms with Gasteiger partial charge in [0.1, 0.15) is 12.6 Å². The molecule has 2 amide bonds. The Labute approximate surface area is 102 Å². The molecule has 0 spiro atoms. The first kappa shape index (κ1) is 16.5. The molecule has 6 nitrogen and oxygen atoms in total. The number of carbonyl (C=O) groups excluding carboxylic acids is 1. The summed E-state index contributed by atoms with van der Waals surface area (Å²) >= 11 is 0. The number of alkyl halides is 3. The summed E-state index contributed by atoms with van der Waals surface area (Å²) in [7, 11) is 2.27. The van der Waals surface area contributed by atoms with Gasteiger partial charge in [-0.3, -0.25) is 0 Å². The number of nitrogens with one attached hydrogen (secondary N) is 1. The maximum atomic E-state index is 12.0. The molecule has 106 valence electrons. The molecule has 0 saturated heterocycles. The summed E-state index contributed by atoms with van der Waals surface area (Å²) in [5.41, 5.74) is 0. The summed E-state index contributed by atoms with van der Waals surface area (Å²) in [5, 5.41) is 10.7. The van der Waals surface area contributed by atoms with Gasteiger partial charge in [0.25, 0.3) is 0 Å². The van der Waals surface area contributed by atoms with Crippen molar-refractivity contribution in [2.45, 2.75) is 18.6 Å². The molecule has 0 saturated carbocycles. The standard InChI is InChI=1S/C9H15F3N2O4/c1-14(5-9(10,11)12)8(17)13-6(7(15)16)3-4-18-2/h6H,3-5H2,1-2H3,(H,13,17)(H,15,16). The highest BCUT2D eigenvalue weighted by Gasteiger charge is 2.32. The van der Waals surface area contributed by atoms with Gasteiger partial charge in [0.15, 0.2) is 0 Å². The van der Waals surface area contributed by atoms with Crippen LogP contribution in [0.3, 0.4) is 0 Å². The Morgan fingerprint density at radius 2 is 2.00 bits per heavy atom. The Hall–Kier alpha value is -1.51. The SMILES string of the molecule is COCCC(NC(=O)N(C)CC(F)(F)F)C(=O)O. The molecule has 2 N–H and O–H groups in total. The lowest BCUT2D eigenvalue weighted by atomic mass is 10.2. The predicted molar refractivity (Wildman–Crippen MR) is 55.1 cm³/mol. The van der Waals surface area contributed by atoms with Crippen LogP contribution in [-0.2, 0) is 9.53 Å². The second-order valence-corrected chi connectivity index (χ2v) is 3.59. The first-order valence-corrected chi connectivity index (χ1v) is 4.97. The largest absolute Gasteiger partial charge is 0.480 e. The third-order valence-corrected chi connectivity index (χ3v) is 1.97. The fraction of sp³-hybridized carbons (Fsp3) is 0.778. The van der Waals surface area contributed by atoms with Crippen LogP contribution in [-0.4, -0.2) is 61.5 Å². The number of amides is 2. The van der Waals surface area contributed by atoms with Gasteiger partial charge in [0, 0.05) is 27.2 Å². The van der Waals surface area contributed by atoms with Crippen LogP contribution in [0.2, 0.25) is 0 Å². The number of carbonyl (C=O) groups is 2. The van der Waals surface area contributed by atoms with Gasteiger partial charge >= 0.3 is 18.2 Å². The maximum Gasteiger partial charge on any atom is 0.406 e. The number of carboxylic acids is 1. The lowest BCUT2D eigenvalue weighted by molar-refractivity contribution is -0.140. The minimum Gasteiger partial charge on any atom is -0.480 e. The molecule has 0 aliphatic rings. The van der Waals surface area contributed by atoms with E-state index < -0.39 is 30.8 Å². The molecule has 1 atom stereocenters. The highest BCUT2D eigenvalue weighted by molar-refractivity contribution is 5.82. The van der Waals surface area contributed by atoms with E-state index in [1.54, 1.807) is 0 Å². The van der Waals surface area contributed by atoms with Crippen LogP contribution >= 0.6 is 0 Å². The van der Waals surface area contributed by atoms with Crippen molar-refractivity contribution in [1.29, 1.82) is 0 Å². The van der Waals surface area contributed by atoms with Crippen molar-refractivity contribution in [3.05, 3.63) is 0 Å². The monoisotopic (exact) mass is 272 g/mol. The summed E-state index contributed by atoms with van der Waals surface area (Å²) in [5.74, 6) is -1.33. The number of carboxylic acid groups (broad SMARTS) is 1. The average molecular weight is 272 g/mol. The van der Waals surface area contributed by atoms with Crippen molar-refractivity contribution in [1.82, 2.24) is 10.2 Å². The number of urea groups is 1. The molecular weight excluding hydrogens is 257 g/mol. The van der Waals surface area contributed by atoms with Crippen molar-refractivity contribution >= 4 is 12.0 Å². The number of nitrogens with zero attached hydrogens (tertiary/aromatic N) is 1. The van der Waals surface area contributed by atoms with Gasteiger partial charge in [-0.15, -0.1) is 0 Å². The summed E-state index contributed by atoms with van der Waals surface area (Å²) in [6.07, 6.45) is -4.56. The minimum absolute atomic E-state index is 0.0303. The quantitative estimate of drug-likeness (QED) is 0.745. The zero-order valence-corrected chi connectivity index (χ0v) is 9.95. The topological polar surface area (TPSA) is 78.9 Å². The molecule has 0 rings (SSSR count). The fourth-order valence-corrected chi connectivity index (χ4v) is 1.09. The van der Waals surface area contributed by atoms with Crippen molar-refractivity contribution in [2.24, 2.45) is 0 Å². The fourth-order valence-electron chi connectivity index (χ4n) is 1.09. The number of ether oxygens (including phenoxy) is 1. The van der Waals surface area contributed by atoms with Crippen molar-refractivity contribution in [3.63, 3.8) is 0 Å². The zero-order chi connectivity index (χ0) is 14.3. The van der Waals surface area contributed by atoms with Gasteiger partial charge in [-0.25, -0.2) is 9.59 Å². The van der Waals surface area contributed by atoms with E-state index in [4.69, 9.17) is 5.11 Å². The van der Waals surface area contributed by atoms with E-state index in [-0.39, 0.29) is 13.0 Å². The number of hydrogen-bond acceptors (Lipinski definition) is 3. The lowest BCUT2D eigenvalue weighted by Crippen LogP contribution is -2.49. The Bertz CT molecular complexity index is 296. The van der Waals surface area contributed by atoms with Crippen LogP contribution in [0.15, 0.2) is 0 Å². The van der Waals surface area contributed by atoms with Crippen LogP contribution < -0.4 is 5.32 Å². The number of aliphatic carboxylic acids is 1. The van der Waals surface area contributed by atoms with Crippen LogP contribution in [0.1, 0.15) is 6.42 Å². The molecular formula is C9H15F3N2O4. The number of rotatable bonds is 6. The molecule has 0 aliphatic heterocycles. The van der Waals surface area contributed by atoms with Crippen LogP contribution in [0.4, 0.5) is 18.0 Å². The van der Waals surface area contributed by atoms with Crippen LogP contribution in [0.5, 0.6) is 0 Å². The van der Waals surface area contributed by atoms with Gasteiger partial charge in [0.2, 0.25) is 0 Å². The predicted octanol–water partition coefficient (Wildman–Crippen LogP) is 0.680. The molecule has 1 unspecified atom stereocenters. The van der Waals surface area contributed by atoms with E-state index in [0.29, 0.717) is 4.90 Å². The molecule has 0 aromatic rings. The van der Waals surface area contributed by atoms with E-state index in [1.807, 2.05) is 5.32 Å².